The normalized spacial score (nSPS) is 17.1. The molecule has 1 aromatic rings. The van der Waals surface area contributed by atoms with E-state index in [4.69, 9.17) is 5.73 Å². The van der Waals surface area contributed by atoms with Crippen LogP contribution in [-0.4, -0.2) is 7.05 Å². The molecule has 13 heavy (non-hydrogen) atoms. The number of aryl methyl sites for hydroxylation is 2. The Balaban J connectivity index is 2.30. The van der Waals surface area contributed by atoms with Gasteiger partial charge in [-0.2, -0.15) is 0 Å². The third kappa shape index (κ3) is 1.60. The lowest BCUT2D eigenvalue weighted by Gasteiger charge is -2.11. The molecule has 1 unspecified atom stereocenters. The maximum Gasteiger partial charge on any atom is 0.0807 e. The van der Waals surface area contributed by atoms with Gasteiger partial charge in [0.05, 0.1) is 6.17 Å². The van der Waals surface area contributed by atoms with E-state index in [1.165, 1.54) is 36.0 Å². The van der Waals surface area contributed by atoms with E-state index in [1.807, 2.05) is 7.05 Å². The van der Waals surface area contributed by atoms with Gasteiger partial charge in [-0.15, -0.1) is 0 Å². The Hall–Kier alpha value is -0.860. The van der Waals surface area contributed by atoms with Gasteiger partial charge in [0.1, 0.15) is 0 Å². The van der Waals surface area contributed by atoms with Gasteiger partial charge in [0.25, 0.3) is 0 Å². The topological polar surface area (TPSA) is 38.0 Å². The molecule has 0 radical (unpaired) electrons. The molecule has 3 N–H and O–H groups in total. The molecule has 1 aromatic carbocycles. The summed E-state index contributed by atoms with van der Waals surface area (Å²) < 4.78 is 0. The summed E-state index contributed by atoms with van der Waals surface area (Å²) in [6, 6.07) is 6.59. The maximum absolute atomic E-state index is 5.88. The minimum absolute atomic E-state index is 0.0223. The molecule has 0 amide bonds. The van der Waals surface area contributed by atoms with Gasteiger partial charge >= 0.3 is 0 Å². The van der Waals surface area contributed by atoms with Crippen molar-refractivity contribution >= 4 is 0 Å². The Morgan fingerprint density at radius 2 is 2.08 bits per heavy atom. The van der Waals surface area contributed by atoms with E-state index in [0.717, 1.165) is 0 Å². The molecule has 0 heterocycles. The number of benzene rings is 1. The molecule has 0 fully saturated rings. The molecule has 1 atom stereocenters. The summed E-state index contributed by atoms with van der Waals surface area (Å²) in [5.74, 6) is 0. The molecule has 0 saturated carbocycles. The molecule has 0 bridgehead atoms. The molecule has 1 aliphatic rings. The summed E-state index contributed by atoms with van der Waals surface area (Å²) in [6.45, 7) is 0. The van der Waals surface area contributed by atoms with Crippen LogP contribution in [0.1, 0.15) is 29.3 Å². The van der Waals surface area contributed by atoms with Crippen molar-refractivity contribution in [3.8, 4) is 0 Å². The quantitative estimate of drug-likeness (QED) is 0.668. The van der Waals surface area contributed by atoms with Crippen LogP contribution in [0.25, 0.3) is 0 Å². The summed E-state index contributed by atoms with van der Waals surface area (Å²) >= 11 is 0. The molecule has 1 aliphatic carbocycles. The van der Waals surface area contributed by atoms with Crippen LogP contribution in [-0.2, 0) is 12.8 Å². The van der Waals surface area contributed by atoms with Crippen LogP contribution in [0.2, 0.25) is 0 Å². The van der Waals surface area contributed by atoms with Crippen LogP contribution in [0.15, 0.2) is 18.2 Å². The lowest BCUT2D eigenvalue weighted by molar-refractivity contribution is 0.621. The molecule has 0 saturated heterocycles. The fraction of sp³-hybridized carbons (Fsp3) is 0.455. The van der Waals surface area contributed by atoms with Gasteiger partial charge in [0.15, 0.2) is 0 Å². The van der Waals surface area contributed by atoms with Crippen LogP contribution in [0, 0.1) is 0 Å². The number of nitrogens with two attached hydrogens (primary N) is 1. The van der Waals surface area contributed by atoms with Crippen molar-refractivity contribution in [2.75, 3.05) is 7.05 Å². The number of nitrogens with one attached hydrogen (secondary N) is 1. The summed E-state index contributed by atoms with van der Waals surface area (Å²) in [5.41, 5.74) is 10.1. The summed E-state index contributed by atoms with van der Waals surface area (Å²) in [6.07, 6.45) is 3.74. The minimum Gasteiger partial charge on any atom is -0.312 e. The zero-order valence-corrected chi connectivity index (χ0v) is 8.01. The Labute approximate surface area is 79.1 Å². The predicted octanol–water partition coefficient (Wildman–Crippen LogP) is 1.35. The SMILES string of the molecule is CNC(N)c1ccc2c(c1)CCC2. The molecule has 0 spiro atoms. The van der Waals surface area contributed by atoms with E-state index < -0.39 is 0 Å². The predicted molar refractivity (Wildman–Crippen MR) is 54.5 cm³/mol. The average Bonchev–Trinajstić information content (AvgIpc) is 2.63. The number of hydrogen-bond donors (Lipinski definition) is 2. The molecular weight excluding hydrogens is 160 g/mol. The molecular formula is C11H16N2. The van der Waals surface area contributed by atoms with Gasteiger partial charge in [-0.1, -0.05) is 18.2 Å². The largest absolute Gasteiger partial charge is 0.312 e. The van der Waals surface area contributed by atoms with E-state index in [2.05, 4.69) is 23.5 Å². The molecule has 0 aliphatic heterocycles. The summed E-state index contributed by atoms with van der Waals surface area (Å²) in [4.78, 5) is 0. The van der Waals surface area contributed by atoms with Crippen molar-refractivity contribution < 1.29 is 0 Å². The van der Waals surface area contributed by atoms with Crippen LogP contribution in [0.3, 0.4) is 0 Å². The molecule has 2 heteroatoms. The molecule has 0 aromatic heterocycles. The van der Waals surface area contributed by atoms with Crippen molar-refractivity contribution in [1.82, 2.24) is 5.32 Å². The molecule has 2 rings (SSSR count). The Morgan fingerprint density at radius 1 is 1.31 bits per heavy atom. The second-order valence-corrected chi connectivity index (χ2v) is 3.65. The average molecular weight is 176 g/mol. The molecule has 2 nitrogen and oxygen atoms in total. The van der Waals surface area contributed by atoms with Gasteiger partial charge in [0.2, 0.25) is 0 Å². The highest BCUT2D eigenvalue weighted by Gasteiger charge is 2.12. The second-order valence-electron chi connectivity index (χ2n) is 3.65. The fourth-order valence-electron chi connectivity index (χ4n) is 1.95. The summed E-state index contributed by atoms with van der Waals surface area (Å²) in [7, 11) is 1.89. The number of hydrogen-bond acceptors (Lipinski definition) is 2. The first kappa shape index (κ1) is 8.73. The number of fused-ring (bicyclic) bond motifs is 1. The standard InChI is InChI=1S/C11H16N2/c1-13-11(12)10-6-5-8-3-2-4-9(8)7-10/h5-7,11,13H,2-4,12H2,1H3. The van der Waals surface area contributed by atoms with E-state index in [9.17, 15) is 0 Å². The first-order valence-electron chi connectivity index (χ1n) is 4.86. The van der Waals surface area contributed by atoms with Crippen molar-refractivity contribution in [3.63, 3.8) is 0 Å². The van der Waals surface area contributed by atoms with Crippen LogP contribution in [0.5, 0.6) is 0 Å². The highest BCUT2D eigenvalue weighted by Crippen LogP contribution is 2.23. The third-order valence-electron chi connectivity index (χ3n) is 2.79. The lowest BCUT2D eigenvalue weighted by Crippen LogP contribution is -2.24. The molecule has 70 valence electrons. The maximum atomic E-state index is 5.88. The van der Waals surface area contributed by atoms with Gasteiger partial charge in [0, 0.05) is 0 Å². The summed E-state index contributed by atoms with van der Waals surface area (Å²) in [5, 5.41) is 3.05. The second kappa shape index (κ2) is 3.48. The van der Waals surface area contributed by atoms with Gasteiger partial charge < -0.3 is 11.1 Å². The fourth-order valence-corrected chi connectivity index (χ4v) is 1.95. The first-order valence-corrected chi connectivity index (χ1v) is 4.86. The third-order valence-corrected chi connectivity index (χ3v) is 2.79. The van der Waals surface area contributed by atoms with E-state index in [1.54, 1.807) is 0 Å². The van der Waals surface area contributed by atoms with E-state index in [0.29, 0.717) is 0 Å². The van der Waals surface area contributed by atoms with Crippen molar-refractivity contribution in [2.24, 2.45) is 5.73 Å². The van der Waals surface area contributed by atoms with Crippen LogP contribution < -0.4 is 11.1 Å². The minimum atomic E-state index is -0.0223. The van der Waals surface area contributed by atoms with Gasteiger partial charge in [-0.25, -0.2) is 0 Å². The number of rotatable bonds is 2. The van der Waals surface area contributed by atoms with Gasteiger partial charge in [-0.05, 0) is 43.0 Å². The zero-order chi connectivity index (χ0) is 9.26. The highest BCUT2D eigenvalue weighted by molar-refractivity contribution is 5.36. The monoisotopic (exact) mass is 176 g/mol. The highest BCUT2D eigenvalue weighted by atomic mass is 15.0. The van der Waals surface area contributed by atoms with Gasteiger partial charge in [-0.3, -0.25) is 0 Å². The van der Waals surface area contributed by atoms with Crippen molar-refractivity contribution in [2.45, 2.75) is 25.4 Å². The van der Waals surface area contributed by atoms with E-state index in [-0.39, 0.29) is 6.17 Å². The zero-order valence-electron chi connectivity index (χ0n) is 8.01. The van der Waals surface area contributed by atoms with E-state index >= 15 is 0 Å². The Bertz CT molecular complexity index is 307. The van der Waals surface area contributed by atoms with Crippen LogP contribution in [0.4, 0.5) is 0 Å². The Kier molecular flexibility index (Phi) is 2.34. The first-order chi connectivity index (χ1) is 6.31. The van der Waals surface area contributed by atoms with Crippen molar-refractivity contribution in [3.05, 3.63) is 34.9 Å². The smallest absolute Gasteiger partial charge is 0.0807 e. The van der Waals surface area contributed by atoms with Crippen molar-refractivity contribution in [1.29, 1.82) is 0 Å². The van der Waals surface area contributed by atoms with Crippen LogP contribution >= 0.6 is 0 Å². The lowest BCUT2D eigenvalue weighted by atomic mass is 10.1. The Morgan fingerprint density at radius 3 is 2.85 bits per heavy atom.